The fraction of sp³-hybridized carbons (Fsp3) is 0.417. The summed E-state index contributed by atoms with van der Waals surface area (Å²) in [4.78, 5) is 13.9. The van der Waals surface area contributed by atoms with Crippen molar-refractivity contribution in [3.05, 3.63) is 30.1 Å². The Morgan fingerprint density at radius 2 is 2.06 bits per heavy atom. The SMILES string of the molecule is COC(=O)CN(C)CCSc1ccc(F)cc1. The monoisotopic (exact) mass is 257 g/mol. The van der Waals surface area contributed by atoms with Crippen LogP contribution in [0.5, 0.6) is 0 Å². The van der Waals surface area contributed by atoms with Crippen LogP contribution in [-0.2, 0) is 9.53 Å². The molecule has 0 aliphatic carbocycles. The van der Waals surface area contributed by atoms with E-state index in [9.17, 15) is 9.18 Å². The summed E-state index contributed by atoms with van der Waals surface area (Å²) in [6.45, 7) is 1.07. The van der Waals surface area contributed by atoms with E-state index in [2.05, 4.69) is 4.74 Å². The lowest BCUT2D eigenvalue weighted by Crippen LogP contribution is -2.28. The largest absolute Gasteiger partial charge is 0.468 e. The van der Waals surface area contributed by atoms with Gasteiger partial charge in [-0.3, -0.25) is 9.69 Å². The van der Waals surface area contributed by atoms with Gasteiger partial charge in [0.15, 0.2) is 0 Å². The van der Waals surface area contributed by atoms with Crippen LogP contribution in [0.2, 0.25) is 0 Å². The van der Waals surface area contributed by atoms with Crippen molar-refractivity contribution in [3.63, 3.8) is 0 Å². The second-order valence-corrected chi connectivity index (χ2v) is 4.78. The Morgan fingerprint density at radius 1 is 1.41 bits per heavy atom. The third-order valence-electron chi connectivity index (χ3n) is 2.18. The quantitative estimate of drug-likeness (QED) is 0.576. The van der Waals surface area contributed by atoms with Gasteiger partial charge >= 0.3 is 5.97 Å². The number of hydrogen-bond donors (Lipinski definition) is 0. The Bertz CT molecular complexity index is 356. The molecule has 0 aliphatic heterocycles. The van der Waals surface area contributed by atoms with E-state index in [1.807, 2.05) is 11.9 Å². The van der Waals surface area contributed by atoms with Crippen LogP contribution in [0.25, 0.3) is 0 Å². The summed E-state index contributed by atoms with van der Waals surface area (Å²) in [6.07, 6.45) is 0. The maximum Gasteiger partial charge on any atom is 0.319 e. The Hall–Kier alpha value is -1.07. The number of carbonyl (C=O) groups is 1. The zero-order chi connectivity index (χ0) is 12.7. The normalized spacial score (nSPS) is 10.6. The zero-order valence-electron chi connectivity index (χ0n) is 9.98. The molecular weight excluding hydrogens is 241 g/mol. The van der Waals surface area contributed by atoms with E-state index >= 15 is 0 Å². The lowest BCUT2D eigenvalue weighted by atomic mass is 10.4. The number of carbonyl (C=O) groups excluding carboxylic acids is 1. The maximum atomic E-state index is 12.7. The van der Waals surface area contributed by atoms with E-state index in [1.54, 1.807) is 23.9 Å². The molecule has 0 fully saturated rings. The van der Waals surface area contributed by atoms with Gasteiger partial charge in [0.05, 0.1) is 13.7 Å². The third-order valence-corrected chi connectivity index (χ3v) is 3.17. The van der Waals surface area contributed by atoms with Crippen LogP contribution in [0.4, 0.5) is 4.39 Å². The van der Waals surface area contributed by atoms with Gasteiger partial charge in [-0.2, -0.15) is 0 Å². The number of nitrogens with zero attached hydrogens (tertiary/aromatic N) is 1. The topological polar surface area (TPSA) is 29.5 Å². The van der Waals surface area contributed by atoms with E-state index in [4.69, 9.17) is 0 Å². The van der Waals surface area contributed by atoms with Crippen LogP contribution in [0.1, 0.15) is 0 Å². The summed E-state index contributed by atoms with van der Waals surface area (Å²) in [5.41, 5.74) is 0. The van der Waals surface area contributed by atoms with Crippen molar-refractivity contribution in [2.45, 2.75) is 4.90 Å². The first-order valence-corrected chi connectivity index (χ1v) is 6.24. The first-order chi connectivity index (χ1) is 8.11. The smallest absolute Gasteiger partial charge is 0.319 e. The van der Waals surface area contributed by atoms with Gasteiger partial charge in [-0.25, -0.2) is 4.39 Å². The lowest BCUT2D eigenvalue weighted by molar-refractivity contribution is -0.141. The molecule has 3 nitrogen and oxygen atoms in total. The summed E-state index contributed by atoms with van der Waals surface area (Å²) < 4.78 is 17.2. The number of thioether (sulfide) groups is 1. The van der Waals surface area contributed by atoms with Gasteiger partial charge in [-0.1, -0.05) is 0 Å². The molecule has 0 aliphatic rings. The minimum absolute atomic E-state index is 0.225. The van der Waals surface area contributed by atoms with Gasteiger partial charge in [0.1, 0.15) is 5.82 Å². The maximum absolute atomic E-state index is 12.7. The number of methoxy groups -OCH3 is 1. The van der Waals surface area contributed by atoms with Crippen molar-refractivity contribution in [2.75, 3.05) is 33.0 Å². The van der Waals surface area contributed by atoms with Gasteiger partial charge in [-0.15, -0.1) is 11.8 Å². The van der Waals surface area contributed by atoms with Crippen molar-refractivity contribution < 1.29 is 13.9 Å². The average Bonchev–Trinajstić information content (AvgIpc) is 2.31. The molecule has 1 aromatic carbocycles. The number of halogens is 1. The molecule has 0 unspecified atom stereocenters. The molecule has 5 heteroatoms. The molecule has 0 bridgehead atoms. The molecule has 0 atom stereocenters. The van der Waals surface area contributed by atoms with Crippen LogP contribution in [0.15, 0.2) is 29.2 Å². The summed E-state index contributed by atoms with van der Waals surface area (Å²) in [7, 11) is 3.24. The predicted octanol–water partition coefficient (Wildman–Crippen LogP) is 2.02. The highest BCUT2D eigenvalue weighted by Crippen LogP contribution is 2.17. The van der Waals surface area contributed by atoms with E-state index in [0.717, 1.165) is 17.2 Å². The lowest BCUT2D eigenvalue weighted by Gasteiger charge is -2.14. The summed E-state index contributed by atoms with van der Waals surface area (Å²) in [5, 5.41) is 0. The molecule has 0 aromatic heterocycles. The van der Waals surface area contributed by atoms with Gasteiger partial charge in [0.25, 0.3) is 0 Å². The molecule has 1 rings (SSSR count). The molecule has 1 aromatic rings. The van der Waals surface area contributed by atoms with Crippen LogP contribution in [-0.4, -0.2) is 43.9 Å². The van der Waals surface area contributed by atoms with Gasteiger partial charge in [0, 0.05) is 17.2 Å². The summed E-state index contributed by atoms with van der Waals surface area (Å²) in [6, 6.07) is 6.39. The molecule has 0 saturated carbocycles. The first-order valence-electron chi connectivity index (χ1n) is 5.25. The van der Waals surface area contributed by atoms with E-state index in [-0.39, 0.29) is 11.8 Å². The molecule has 0 heterocycles. The second kappa shape index (κ2) is 7.29. The summed E-state index contributed by atoms with van der Waals surface area (Å²) >= 11 is 1.63. The highest BCUT2D eigenvalue weighted by molar-refractivity contribution is 7.99. The third kappa shape index (κ3) is 5.70. The van der Waals surface area contributed by atoms with Crippen molar-refractivity contribution >= 4 is 17.7 Å². The van der Waals surface area contributed by atoms with E-state index in [1.165, 1.54) is 19.2 Å². The summed E-state index contributed by atoms with van der Waals surface area (Å²) in [5.74, 6) is 0.385. The Balaban J connectivity index is 2.23. The number of likely N-dealkylation sites (N-methyl/N-ethyl adjacent to an activating group) is 1. The molecule has 0 N–H and O–H groups in total. The molecule has 0 spiro atoms. The van der Waals surface area contributed by atoms with Crippen LogP contribution >= 0.6 is 11.8 Å². The number of esters is 1. The van der Waals surface area contributed by atoms with Gasteiger partial charge in [-0.05, 0) is 31.3 Å². The van der Waals surface area contributed by atoms with Crippen LogP contribution in [0, 0.1) is 5.82 Å². The van der Waals surface area contributed by atoms with Crippen molar-refractivity contribution in [3.8, 4) is 0 Å². The molecular formula is C12H16FNO2S. The molecule has 0 radical (unpaired) electrons. The standard InChI is InChI=1S/C12H16FNO2S/c1-14(9-12(15)16-2)7-8-17-11-5-3-10(13)4-6-11/h3-6H,7-9H2,1-2H3. The second-order valence-electron chi connectivity index (χ2n) is 3.62. The number of rotatable bonds is 6. The molecule has 17 heavy (non-hydrogen) atoms. The average molecular weight is 257 g/mol. The molecule has 0 amide bonds. The highest BCUT2D eigenvalue weighted by atomic mass is 32.2. The molecule has 0 saturated heterocycles. The number of ether oxygens (including phenoxy) is 1. The number of benzene rings is 1. The highest BCUT2D eigenvalue weighted by Gasteiger charge is 2.05. The number of hydrogen-bond acceptors (Lipinski definition) is 4. The van der Waals surface area contributed by atoms with Crippen molar-refractivity contribution in [2.24, 2.45) is 0 Å². The Morgan fingerprint density at radius 3 is 2.65 bits per heavy atom. The Kier molecular flexibility index (Phi) is 6.00. The van der Waals surface area contributed by atoms with E-state index in [0.29, 0.717) is 6.54 Å². The van der Waals surface area contributed by atoms with Crippen LogP contribution in [0.3, 0.4) is 0 Å². The zero-order valence-corrected chi connectivity index (χ0v) is 10.8. The van der Waals surface area contributed by atoms with Crippen molar-refractivity contribution in [1.82, 2.24) is 4.90 Å². The Labute approximate surface area is 105 Å². The van der Waals surface area contributed by atoms with Crippen LogP contribution < -0.4 is 0 Å². The van der Waals surface area contributed by atoms with Crippen molar-refractivity contribution in [1.29, 1.82) is 0 Å². The molecule has 94 valence electrons. The first kappa shape index (κ1) is 14.0. The minimum atomic E-state index is -0.237. The fourth-order valence-corrected chi connectivity index (χ4v) is 2.18. The predicted molar refractivity (Wildman–Crippen MR) is 66.6 cm³/mol. The van der Waals surface area contributed by atoms with Gasteiger partial charge < -0.3 is 4.74 Å². The van der Waals surface area contributed by atoms with E-state index < -0.39 is 0 Å². The van der Waals surface area contributed by atoms with Gasteiger partial charge in [0.2, 0.25) is 0 Å². The fourth-order valence-electron chi connectivity index (χ4n) is 1.21. The minimum Gasteiger partial charge on any atom is -0.468 e.